The Kier molecular flexibility index (Phi) is 8.27. The van der Waals surface area contributed by atoms with E-state index < -0.39 is 17.8 Å². The van der Waals surface area contributed by atoms with Gasteiger partial charge in [0.05, 0.1) is 13.2 Å². The van der Waals surface area contributed by atoms with Crippen molar-refractivity contribution in [3.8, 4) is 0 Å². The lowest BCUT2D eigenvalue weighted by atomic mass is 9.88. The van der Waals surface area contributed by atoms with Crippen LogP contribution < -0.4 is 9.80 Å². The Hall–Kier alpha value is -3.97. The first-order valence-electron chi connectivity index (χ1n) is 12.3. The fraction of sp³-hybridized carbons (Fsp3) is 0.233. The molecule has 0 bridgehead atoms. The molecule has 1 heterocycles. The highest BCUT2D eigenvalue weighted by atomic mass is 35.5. The van der Waals surface area contributed by atoms with Gasteiger partial charge in [0, 0.05) is 40.5 Å². The lowest BCUT2D eigenvalue weighted by molar-refractivity contribution is -0.134. The van der Waals surface area contributed by atoms with Gasteiger partial charge in [-0.1, -0.05) is 24.6 Å². The number of halogens is 2. The van der Waals surface area contributed by atoms with E-state index in [-0.39, 0.29) is 24.3 Å². The van der Waals surface area contributed by atoms with Crippen LogP contribution in [-0.4, -0.2) is 30.9 Å². The van der Waals surface area contributed by atoms with Gasteiger partial charge in [-0.15, -0.1) is 0 Å². The largest absolute Gasteiger partial charge is 0.466 e. The number of esters is 1. The van der Waals surface area contributed by atoms with E-state index in [0.717, 1.165) is 5.56 Å². The highest BCUT2D eigenvalue weighted by Crippen LogP contribution is 2.43. The Labute approximate surface area is 226 Å². The standard InChI is InChI=1S/C30H28ClFN2O4/c1-4-28(35)34(24-13-9-22(31)10-14-24)27-17-19(2)33(30(37)21-7-11-23(32)12-8-21)26-15-5-20(18-25(26)27)6-16-29(36)38-3/h5-16,18-19,27H,4,17H2,1-3H3. The molecule has 0 aliphatic carbocycles. The van der Waals surface area contributed by atoms with E-state index in [1.807, 2.05) is 19.1 Å². The summed E-state index contributed by atoms with van der Waals surface area (Å²) in [5, 5.41) is 0.557. The molecule has 8 heteroatoms. The number of hydrogen-bond donors (Lipinski definition) is 0. The van der Waals surface area contributed by atoms with Crippen molar-refractivity contribution in [3.63, 3.8) is 0 Å². The number of amides is 2. The summed E-state index contributed by atoms with van der Waals surface area (Å²) in [7, 11) is 1.30. The maximum atomic E-state index is 13.6. The summed E-state index contributed by atoms with van der Waals surface area (Å²) in [6, 6.07) is 17.3. The van der Waals surface area contributed by atoms with Gasteiger partial charge in [-0.25, -0.2) is 9.18 Å². The third-order valence-corrected chi connectivity index (χ3v) is 6.84. The van der Waals surface area contributed by atoms with E-state index in [0.29, 0.717) is 33.9 Å². The molecule has 0 saturated carbocycles. The van der Waals surface area contributed by atoms with Crippen LogP contribution in [0.4, 0.5) is 15.8 Å². The molecule has 0 aromatic heterocycles. The predicted molar refractivity (Wildman–Crippen MR) is 147 cm³/mol. The molecule has 0 spiro atoms. The molecule has 1 aliphatic rings. The van der Waals surface area contributed by atoms with E-state index in [4.69, 9.17) is 16.3 Å². The van der Waals surface area contributed by atoms with Crippen molar-refractivity contribution in [2.24, 2.45) is 0 Å². The van der Waals surface area contributed by atoms with Crippen LogP contribution in [0.2, 0.25) is 5.02 Å². The minimum absolute atomic E-state index is 0.0794. The minimum atomic E-state index is -0.495. The number of anilines is 2. The fourth-order valence-electron chi connectivity index (χ4n) is 4.74. The van der Waals surface area contributed by atoms with E-state index in [1.165, 1.54) is 37.5 Å². The molecule has 38 heavy (non-hydrogen) atoms. The van der Waals surface area contributed by atoms with Gasteiger partial charge >= 0.3 is 5.97 Å². The minimum Gasteiger partial charge on any atom is -0.466 e. The zero-order valence-electron chi connectivity index (χ0n) is 21.4. The van der Waals surface area contributed by atoms with Crippen molar-refractivity contribution < 1.29 is 23.5 Å². The lowest BCUT2D eigenvalue weighted by Crippen LogP contribution is -2.47. The first kappa shape index (κ1) is 27.1. The normalized spacial score (nSPS) is 16.7. The average molecular weight is 535 g/mol. The Morgan fingerprint density at radius 2 is 1.76 bits per heavy atom. The van der Waals surface area contributed by atoms with Gasteiger partial charge in [-0.05, 0) is 91.2 Å². The Balaban J connectivity index is 1.86. The Morgan fingerprint density at radius 1 is 1.08 bits per heavy atom. The molecule has 3 aromatic rings. The second-order valence-electron chi connectivity index (χ2n) is 9.05. The maximum Gasteiger partial charge on any atom is 0.330 e. The summed E-state index contributed by atoms with van der Waals surface area (Å²) in [6.07, 6.45) is 3.68. The van der Waals surface area contributed by atoms with Crippen LogP contribution in [0, 0.1) is 5.82 Å². The van der Waals surface area contributed by atoms with Gasteiger partial charge in [0.1, 0.15) is 5.82 Å². The lowest BCUT2D eigenvalue weighted by Gasteiger charge is -2.43. The summed E-state index contributed by atoms with van der Waals surface area (Å²) >= 11 is 6.12. The van der Waals surface area contributed by atoms with Gasteiger partial charge in [-0.2, -0.15) is 0 Å². The number of fused-ring (bicyclic) bond motifs is 1. The van der Waals surface area contributed by atoms with Crippen LogP contribution >= 0.6 is 11.6 Å². The Bertz CT molecular complexity index is 1370. The molecular formula is C30H28ClFN2O4. The zero-order valence-corrected chi connectivity index (χ0v) is 22.1. The maximum absolute atomic E-state index is 13.6. The predicted octanol–water partition coefficient (Wildman–Crippen LogP) is 6.59. The molecule has 1 aliphatic heterocycles. The summed E-state index contributed by atoms with van der Waals surface area (Å²) in [4.78, 5) is 42.1. The molecule has 0 fully saturated rings. The van der Waals surface area contributed by atoms with E-state index >= 15 is 0 Å². The van der Waals surface area contributed by atoms with Crippen molar-refractivity contribution >= 4 is 46.8 Å². The number of rotatable bonds is 6. The molecule has 0 radical (unpaired) electrons. The fourth-order valence-corrected chi connectivity index (χ4v) is 4.87. The SMILES string of the molecule is CCC(=O)N(c1ccc(Cl)cc1)C1CC(C)N(C(=O)c2ccc(F)cc2)c2ccc(C=CC(=O)OC)cc21. The van der Waals surface area contributed by atoms with Crippen LogP contribution in [0.5, 0.6) is 0 Å². The number of hydrogen-bond acceptors (Lipinski definition) is 4. The monoisotopic (exact) mass is 534 g/mol. The first-order valence-corrected chi connectivity index (χ1v) is 12.7. The number of carbonyl (C=O) groups excluding carboxylic acids is 3. The van der Waals surface area contributed by atoms with Gasteiger partial charge in [0.25, 0.3) is 5.91 Å². The molecule has 2 unspecified atom stereocenters. The second kappa shape index (κ2) is 11.6. The van der Waals surface area contributed by atoms with Crippen molar-refractivity contribution in [1.82, 2.24) is 0 Å². The molecule has 0 saturated heterocycles. The number of carbonyl (C=O) groups is 3. The van der Waals surface area contributed by atoms with E-state index in [2.05, 4.69) is 0 Å². The molecule has 0 N–H and O–H groups in total. The number of ether oxygens (including phenoxy) is 1. The molecular weight excluding hydrogens is 507 g/mol. The third kappa shape index (κ3) is 5.63. The van der Waals surface area contributed by atoms with Crippen LogP contribution in [0.25, 0.3) is 6.08 Å². The summed E-state index contributed by atoms with van der Waals surface area (Å²) in [5.41, 5.74) is 3.15. The molecule has 3 aromatic carbocycles. The first-order chi connectivity index (χ1) is 18.2. The van der Waals surface area contributed by atoms with Gasteiger partial charge in [-0.3, -0.25) is 9.59 Å². The molecule has 196 valence electrons. The second-order valence-corrected chi connectivity index (χ2v) is 9.49. The van der Waals surface area contributed by atoms with Crippen LogP contribution in [0.3, 0.4) is 0 Å². The highest BCUT2D eigenvalue weighted by molar-refractivity contribution is 6.30. The van der Waals surface area contributed by atoms with Gasteiger partial charge in [0.2, 0.25) is 5.91 Å². The van der Waals surface area contributed by atoms with Crippen molar-refractivity contribution in [3.05, 3.63) is 100 Å². The van der Waals surface area contributed by atoms with Crippen LogP contribution in [0.1, 0.15) is 54.2 Å². The van der Waals surface area contributed by atoms with Crippen molar-refractivity contribution in [1.29, 1.82) is 0 Å². The summed E-state index contributed by atoms with van der Waals surface area (Å²) < 4.78 is 18.2. The topological polar surface area (TPSA) is 66.9 Å². The van der Waals surface area contributed by atoms with E-state index in [9.17, 15) is 18.8 Å². The number of nitrogens with zero attached hydrogens (tertiary/aromatic N) is 2. The zero-order chi connectivity index (χ0) is 27.4. The van der Waals surface area contributed by atoms with Crippen LogP contribution in [-0.2, 0) is 14.3 Å². The molecule has 6 nitrogen and oxygen atoms in total. The molecule has 2 atom stereocenters. The average Bonchev–Trinajstić information content (AvgIpc) is 2.92. The van der Waals surface area contributed by atoms with Crippen LogP contribution in [0.15, 0.2) is 72.8 Å². The third-order valence-electron chi connectivity index (χ3n) is 6.59. The highest BCUT2D eigenvalue weighted by Gasteiger charge is 2.38. The summed E-state index contributed by atoms with van der Waals surface area (Å²) in [5.74, 6) is -1.27. The van der Waals surface area contributed by atoms with Crippen molar-refractivity contribution in [2.45, 2.75) is 38.8 Å². The number of methoxy groups -OCH3 is 1. The van der Waals surface area contributed by atoms with Gasteiger partial charge in [0.15, 0.2) is 0 Å². The van der Waals surface area contributed by atoms with Gasteiger partial charge < -0.3 is 14.5 Å². The Morgan fingerprint density at radius 3 is 2.39 bits per heavy atom. The van der Waals surface area contributed by atoms with Crippen molar-refractivity contribution in [2.75, 3.05) is 16.9 Å². The molecule has 2 amide bonds. The molecule has 4 rings (SSSR count). The smallest absolute Gasteiger partial charge is 0.330 e. The van der Waals surface area contributed by atoms with E-state index in [1.54, 1.807) is 53.1 Å². The number of benzene rings is 3. The summed E-state index contributed by atoms with van der Waals surface area (Å²) in [6.45, 7) is 3.73. The quantitative estimate of drug-likeness (QED) is 0.264.